The predicted octanol–water partition coefficient (Wildman–Crippen LogP) is 2.56. The molecular weight excluding hydrogens is 330 g/mol. The van der Waals surface area contributed by atoms with Crippen LogP contribution in [0.15, 0.2) is 29.3 Å². The lowest BCUT2D eigenvalue weighted by molar-refractivity contribution is 0.0181. The maximum atomic E-state index is 10.4. The van der Waals surface area contributed by atoms with Gasteiger partial charge in [0, 0.05) is 26.3 Å². The Kier molecular flexibility index (Phi) is 10.1. The topological polar surface area (TPSA) is 75.1 Å². The second-order valence-corrected chi connectivity index (χ2v) is 6.86. The molecule has 1 aromatic carbocycles. The Balaban J connectivity index is 2.64. The predicted molar refractivity (Wildman–Crippen MR) is 107 cm³/mol. The molecule has 1 aromatic rings. The summed E-state index contributed by atoms with van der Waals surface area (Å²) in [5, 5.41) is 17.0. The van der Waals surface area contributed by atoms with Crippen molar-refractivity contribution in [2.24, 2.45) is 10.9 Å². The average Bonchev–Trinajstić information content (AvgIpc) is 2.63. The Morgan fingerprint density at radius 1 is 1.23 bits per heavy atom. The maximum Gasteiger partial charge on any atom is 0.191 e. The zero-order valence-electron chi connectivity index (χ0n) is 16.8. The third-order valence-corrected chi connectivity index (χ3v) is 4.40. The average molecular weight is 366 g/mol. The first-order valence-electron chi connectivity index (χ1n) is 9.34. The third-order valence-electron chi connectivity index (χ3n) is 4.40. The summed E-state index contributed by atoms with van der Waals surface area (Å²) in [5.74, 6) is 1.67. The molecule has 0 spiro atoms. The van der Waals surface area contributed by atoms with Crippen molar-refractivity contribution in [3.8, 4) is 5.75 Å². The fourth-order valence-corrected chi connectivity index (χ4v) is 2.07. The zero-order valence-corrected chi connectivity index (χ0v) is 16.8. The molecule has 6 nitrogen and oxygen atoms in total. The van der Waals surface area contributed by atoms with E-state index in [2.05, 4.69) is 15.6 Å². The summed E-state index contributed by atoms with van der Waals surface area (Å²) in [7, 11) is 1.65. The molecule has 26 heavy (non-hydrogen) atoms. The number of hydrogen-bond donors (Lipinski definition) is 3. The zero-order chi connectivity index (χ0) is 19.4. The monoisotopic (exact) mass is 365 g/mol. The first-order valence-corrected chi connectivity index (χ1v) is 9.34. The molecule has 1 unspecified atom stereocenters. The molecular formula is C20H35N3O3. The van der Waals surface area contributed by atoms with Gasteiger partial charge >= 0.3 is 0 Å². The molecule has 1 rings (SSSR count). The van der Waals surface area contributed by atoms with Crippen molar-refractivity contribution in [2.45, 2.75) is 46.3 Å². The summed E-state index contributed by atoms with van der Waals surface area (Å²) in [6.45, 7) is 11.0. The van der Waals surface area contributed by atoms with Crippen molar-refractivity contribution >= 4 is 5.96 Å². The van der Waals surface area contributed by atoms with Crippen LogP contribution in [0.3, 0.4) is 0 Å². The maximum absolute atomic E-state index is 10.4. The minimum Gasteiger partial charge on any atom is -0.497 e. The highest BCUT2D eigenvalue weighted by Crippen LogP contribution is 2.14. The second kappa shape index (κ2) is 11.8. The van der Waals surface area contributed by atoms with Gasteiger partial charge in [-0.1, -0.05) is 26.0 Å². The fourth-order valence-electron chi connectivity index (χ4n) is 2.07. The lowest BCUT2D eigenvalue weighted by atomic mass is 9.93. The number of benzene rings is 1. The fraction of sp³-hybridized carbons (Fsp3) is 0.650. The van der Waals surface area contributed by atoms with E-state index in [1.807, 2.05) is 52.0 Å². The molecule has 0 saturated carbocycles. The molecule has 1 atom stereocenters. The molecule has 0 bridgehead atoms. The van der Waals surface area contributed by atoms with Crippen LogP contribution in [0.2, 0.25) is 0 Å². The van der Waals surface area contributed by atoms with Gasteiger partial charge < -0.3 is 25.2 Å². The number of rotatable bonds is 11. The van der Waals surface area contributed by atoms with E-state index in [-0.39, 0.29) is 5.92 Å². The highest BCUT2D eigenvalue weighted by atomic mass is 16.5. The van der Waals surface area contributed by atoms with Crippen LogP contribution in [-0.2, 0) is 11.3 Å². The van der Waals surface area contributed by atoms with Crippen molar-refractivity contribution in [1.82, 2.24) is 10.6 Å². The summed E-state index contributed by atoms with van der Waals surface area (Å²) < 4.78 is 10.5. The molecule has 0 aliphatic heterocycles. The molecule has 0 aromatic heterocycles. The molecule has 0 aliphatic carbocycles. The first-order chi connectivity index (χ1) is 12.4. The number of ether oxygens (including phenoxy) is 2. The highest BCUT2D eigenvalue weighted by molar-refractivity contribution is 5.79. The molecule has 148 valence electrons. The van der Waals surface area contributed by atoms with E-state index in [1.54, 1.807) is 7.11 Å². The number of hydrogen-bond acceptors (Lipinski definition) is 4. The van der Waals surface area contributed by atoms with Crippen LogP contribution in [0.4, 0.5) is 0 Å². The van der Waals surface area contributed by atoms with Gasteiger partial charge in [-0.2, -0.15) is 0 Å². The smallest absolute Gasteiger partial charge is 0.191 e. The summed E-state index contributed by atoms with van der Waals surface area (Å²) in [6.07, 6.45) is 0.900. The summed E-state index contributed by atoms with van der Waals surface area (Å²) >= 11 is 0. The number of guanidine groups is 1. The lowest BCUT2D eigenvalue weighted by Crippen LogP contribution is -2.48. The molecule has 0 amide bonds. The van der Waals surface area contributed by atoms with Crippen molar-refractivity contribution in [3.05, 3.63) is 29.8 Å². The van der Waals surface area contributed by atoms with Crippen LogP contribution in [0, 0.1) is 5.92 Å². The molecule has 3 N–H and O–H groups in total. The summed E-state index contributed by atoms with van der Waals surface area (Å²) in [4.78, 5) is 4.63. The van der Waals surface area contributed by atoms with E-state index >= 15 is 0 Å². The third kappa shape index (κ3) is 8.54. The van der Waals surface area contributed by atoms with Gasteiger partial charge in [0.15, 0.2) is 5.96 Å². The molecule has 0 radical (unpaired) electrons. The normalized spacial score (nSPS) is 14.2. The number of nitrogens with zero attached hydrogens (tertiary/aromatic N) is 1. The van der Waals surface area contributed by atoms with Gasteiger partial charge in [-0.15, -0.1) is 0 Å². The summed E-state index contributed by atoms with van der Waals surface area (Å²) in [5.41, 5.74) is 0.297. The number of methoxy groups -OCH3 is 1. The summed E-state index contributed by atoms with van der Waals surface area (Å²) in [6, 6.07) is 7.85. The number of aliphatic hydroxyl groups is 1. The Labute approximate surface area is 158 Å². The van der Waals surface area contributed by atoms with Gasteiger partial charge in [0.25, 0.3) is 0 Å². The minimum absolute atomic E-state index is 0.149. The van der Waals surface area contributed by atoms with E-state index < -0.39 is 5.60 Å². The molecule has 6 heteroatoms. The number of aliphatic imine (C=N–C) groups is 1. The largest absolute Gasteiger partial charge is 0.497 e. The second-order valence-electron chi connectivity index (χ2n) is 6.86. The highest BCUT2D eigenvalue weighted by Gasteiger charge is 2.24. The SMILES string of the molecule is CCOCCCNC(=NCc1ccc(OC)cc1)NCC(C)(O)C(C)C. The van der Waals surface area contributed by atoms with Crippen LogP contribution < -0.4 is 15.4 Å². The van der Waals surface area contributed by atoms with Crippen molar-refractivity contribution in [3.63, 3.8) is 0 Å². The van der Waals surface area contributed by atoms with Crippen molar-refractivity contribution in [1.29, 1.82) is 0 Å². The molecule has 0 fully saturated rings. The molecule has 0 saturated heterocycles. The Bertz CT molecular complexity index is 528. The van der Waals surface area contributed by atoms with Gasteiger partial charge in [-0.3, -0.25) is 0 Å². The van der Waals surface area contributed by atoms with E-state index in [1.165, 1.54) is 0 Å². The van der Waals surface area contributed by atoms with Crippen LogP contribution in [0.5, 0.6) is 5.75 Å². The standard InChI is InChI=1S/C20H35N3O3/c1-6-26-13-7-12-21-19(23-15-20(4,24)16(2)3)22-14-17-8-10-18(25-5)11-9-17/h8-11,16,24H,6-7,12-15H2,1-5H3,(H2,21,22,23). The van der Waals surface area contributed by atoms with Crippen LogP contribution in [0.1, 0.15) is 39.7 Å². The molecule has 0 aliphatic rings. The quantitative estimate of drug-likeness (QED) is 0.319. The van der Waals surface area contributed by atoms with Gasteiger partial charge in [0.1, 0.15) is 5.75 Å². The van der Waals surface area contributed by atoms with Crippen LogP contribution in [0.25, 0.3) is 0 Å². The van der Waals surface area contributed by atoms with Gasteiger partial charge in [0.05, 0.1) is 19.3 Å². The van der Waals surface area contributed by atoms with Crippen LogP contribution >= 0.6 is 0 Å². The molecule has 0 heterocycles. The Morgan fingerprint density at radius 2 is 1.92 bits per heavy atom. The first kappa shape index (κ1) is 22.3. The van der Waals surface area contributed by atoms with Crippen molar-refractivity contribution in [2.75, 3.05) is 33.4 Å². The van der Waals surface area contributed by atoms with Crippen LogP contribution in [-0.4, -0.2) is 50.1 Å². The van der Waals surface area contributed by atoms with Gasteiger partial charge in [0.2, 0.25) is 0 Å². The Hall–Kier alpha value is -1.79. The van der Waals surface area contributed by atoms with Gasteiger partial charge in [-0.25, -0.2) is 4.99 Å². The van der Waals surface area contributed by atoms with Gasteiger partial charge in [-0.05, 0) is 43.9 Å². The Morgan fingerprint density at radius 3 is 2.50 bits per heavy atom. The van der Waals surface area contributed by atoms with E-state index in [0.717, 1.165) is 37.5 Å². The lowest BCUT2D eigenvalue weighted by Gasteiger charge is -2.28. The van der Waals surface area contributed by atoms with E-state index in [4.69, 9.17) is 9.47 Å². The van der Waals surface area contributed by atoms with E-state index in [9.17, 15) is 5.11 Å². The minimum atomic E-state index is -0.798. The van der Waals surface area contributed by atoms with E-state index in [0.29, 0.717) is 19.0 Å². The van der Waals surface area contributed by atoms with Crippen molar-refractivity contribution < 1.29 is 14.6 Å². The number of nitrogens with one attached hydrogen (secondary N) is 2.